The van der Waals surface area contributed by atoms with Crippen LogP contribution in [-0.4, -0.2) is 46.4 Å². The largest absolute Gasteiger partial charge is 0.337 e. The molecule has 2 heterocycles. The lowest BCUT2D eigenvalue weighted by Crippen LogP contribution is -2.64. The summed E-state index contributed by atoms with van der Waals surface area (Å²) in [5.41, 5.74) is 4.30. The van der Waals surface area contributed by atoms with Crippen molar-refractivity contribution in [3.63, 3.8) is 0 Å². The van der Waals surface area contributed by atoms with E-state index < -0.39 is 5.54 Å². The monoisotopic (exact) mass is 434 g/mol. The molecule has 0 radical (unpaired) electrons. The quantitative estimate of drug-likeness (QED) is 0.732. The van der Waals surface area contributed by atoms with Gasteiger partial charge in [-0.3, -0.25) is 9.59 Å². The Morgan fingerprint density at radius 3 is 2.81 bits per heavy atom. The number of carbonyl (C=O) groups is 2. The van der Waals surface area contributed by atoms with Gasteiger partial charge in [0.05, 0.1) is 5.54 Å². The van der Waals surface area contributed by atoms with Crippen molar-refractivity contribution in [1.29, 1.82) is 0 Å². The first-order chi connectivity index (χ1) is 15.2. The van der Waals surface area contributed by atoms with Crippen LogP contribution in [0.2, 0.25) is 0 Å². The summed E-state index contributed by atoms with van der Waals surface area (Å²) in [5, 5.41) is 6.32. The van der Waals surface area contributed by atoms with Gasteiger partial charge in [0, 0.05) is 31.2 Å². The van der Waals surface area contributed by atoms with E-state index in [4.69, 9.17) is 0 Å². The third-order valence-electron chi connectivity index (χ3n) is 6.86. The van der Waals surface area contributed by atoms with Crippen LogP contribution in [0.1, 0.15) is 49.4 Å². The second kappa shape index (κ2) is 9.02. The molecule has 1 aliphatic carbocycles. The number of pyridine rings is 1. The summed E-state index contributed by atoms with van der Waals surface area (Å²) < 4.78 is 0. The van der Waals surface area contributed by atoms with Gasteiger partial charge in [-0.1, -0.05) is 24.3 Å². The molecule has 1 saturated heterocycles. The standard InChI is InChI=1S/C26H34N4O2/c1-17-7-5-11-27-23(17)29-24(31)22-14-20-10-9-19(13-21(20)15-22)8-6-12-30-18(2)16-28-26(3,4)25(30)32/h5,7,9-11,13,18,22,28H,6,8,12,14-16H2,1-4H3,(H,27,29,31)/t18-,22+/m0/s1. The van der Waals surface area contributed by atoms with Crippen molar-refractivity contribution in [2.45, 2.75) is 65.0 Å². The summed E-state index contributed by atoms with van der Waals surface area (Å²) in [4.78, 5) is 31.8. The lowest BCUT2D eigenvalue weighted by molar-refractivity contribution is -0.142. The van der Waals surface area contributed by atoms with Crippen LogP contribution < -0.4 is 10.6 Å². The van der Waals surface area contributed by atoms with Crippen molar-refractivity contribution in [1.82, 2.24) is 15.2 Å². The fourth-order valence-corrected chi connectivity index (χ4v) is 4.77. The van der Waals surface area contributed by atoms with Gasteiger partial charge in [-0.2, -0.15) is 0 Å². The van der Waals surface area contributed by atoms with Crippen LogP contribution in [-0.2, 0) is 28.9 Å². The Morgan fingerprint density at radius 2 is 2.03 bits per heavy atom. The number of nitrogens with one attached hydrogen (secondary N) is 2. The van der Waals surface area contributed by atoms with Gasteiger partial charge in [0.2, 0.25) is 11.8 Å². The van der Waals surface area contributed by atoms with E-state index >= 15 is 0 Å². The molecule has 1 aliphatic heterocycles. The summed E-state index contributed by atoms with van der Waals surface area (Å²) in [6, 6.07) is 10.6. The van der Waals surface area contributed by atoms with Crippen molar-refractivity contribution in [2.24, 2.45) is 5.92 Å². The third-order valence-corrected chi connectivity index (χ3v) is 6.86. The fourth-order valence-electron chi connectivity index (χ4n) is 4.77. The minimum atomic E-state index is -0.483. The number of aromatic nitrogens is 1. The van der Waals surface area contributed by atoms with Crippen LogP contribution in [0.3, 0.4) is 0 Å². The molecule has 1 aromatic heterocycles. The van der Waals surface area contributed by atoms with Crippen molar-refractivity contribution >= 4 is 17.6 Å². The SMILES string of the molecule is Cc1cccnc1NC(=O)[C@@H]1Cc2ccc(CCCN3C(=O)C(C)(C)NC[C@@H]3C)cc2C1. The van der Waals surface area contributed by atoms with E-state index in [2.05, 4.69) is 40.7 Å². The van der Waals surface area contributed by atoms with Gasteiger partial charge in [-0.05, 0) is 81.7 Å². The minimum absolute atomic E-state index is 0.0402. The first-order valence-corrected chi connectivity index (χ1v) is 11.6. The topological polar surface area (TPSA) is 74.3 Å². The highest BCUT2D eigenvalue weighted by Gasteiger charge is 2.38. The first kappa shape index (κ1) is 22.5. The number of fused-ring (bicyclic) bond motifs is 1. The van der Waals surface area contributed by atoms with Crippen LogP contribution in [0.4, 0.5) is 5.82 Å². The molecular formula is C26H34N4O2. The van der Waals surface area contributed by atoms with E-state index in [1.165, 1.54) is 16.7 Å². The van der Waals surface area contributed by atoms with Gasteiger partial charge in [0.15, 0.2) is 0 Å². The Balaban J connectivity index is 1.33. The minimum Gasteiger partial charge on any atom is -0.337 e. The first-order valence-electron chi connectivity index (χ1n) is 11.6. The van der Waals surface area contributed by atoms with Crippen LogP contribution in [0.15, 0.2) is 36.5 Å². The highest BCUT2D eigenvalue weighted by atomic mass is 16.2. The Morgan fingerprint density at radius 1 is 1.25 bits per heavy atom. The number of anilines is 1. The highest BCUT2D eigenvalue weighted by molar-refractivity contribution is 5.93. The number of piperazine rings is 1. The molecule has 2 atom stereocenters. The zero-order valence-corrected chi connectivity index (χ0v) is 19.6. The number of nitrogens with zero attached hydrogens (tertiary/aromatic N) is 2. The molecule has 0 spiro atoms. The van der Waals surface area contributed by atoms with Crippen molar-refractivity contribution in [2.75, 3.05) is 18.4 Å². The van der Waals surface area contributed by atoms with Crippen LogP contribution in [0, 0.1) is 12.8 Å². The molecule has 6 heteroatoms. The predicted molar refractivity (Wildman–Crippen MR) is 127 cm³/mol. The number of carbonyl (C=O) groups excluding carboxylic acids is 2. The molecule has 32 heavy (non-hydrogen) atoms. The maximum absolute atomic E-state index is 12.8. The molecule has 1 fully saturated rings. The molecule has 0 saturated carbocycles. The summed E-state index contributed by atoms with van der Waals surface area (Å²) in [6.07, 6.45) is 5.11. The number of hydrogen-bond acceptors (Lipinski definition) is 4. The Labute approximate surface area is 190 Å². The molecule has 6 nitrogen and oxygen atoms in total. The van der Waals surface area contributed by atoms with Crippen LogP contribution in [0.25, 0.3) is 0 Å². The molecule has 0 unspecified atom stereocenters. The maximum Gasteiger partial charge on any atom is 0.242 e. The predicted octanol–water partition coefficient (Wildman–Crippen LogP) is 3.28. The smallest absolute Gasteiger partial charge is 0.242 e. The Hall–Kier alpha value is -2.73. The van der Waals surface area contributed by atoms with E-state index in [0.717, 1.165) is 44.3 Å². The van der Waals surface area contributed by atoms with Gasteiger partial charge in [0.1, 0.15) is 5.82 Å². The number of aryl methyl sites for hydroxylation is 2. The lowest BCUT2D eigenvalue weighted by atomic mass is 9.97. The van der Waals surface area contributed by atoms with Gasteiger partial charge < -0.3 is 15.5 Å². The number of benzene rings is 1. The van der Waals surface area contributed by atoms with Crippen molar-refractivity contribution in [3.05, 3.63) is 58.8 Å². The van der Waals surface area contributed by atoms with Gasteiger partial charge in [-0.25, -0.2) is 4.98 Å². The molecule has 2 N–H and O–H groups in total. The van der Waals surface area contributed by atoms with Crippen molar-refractivity contribution in [3.8, 4) is 0 Å². The number of hydrogen-bond donors (Lipinski definition) is 2. The maximum atomic E-state index is 12.8. The molecule has 170 valence electrons. The zero-order chi connectivity index (χ0) is 22.9. The Bertz CT molecular complexity index is 1020. The Kier molecular flexibility index (Phi) is 6.33. The van der Waals surface area contributed by atoms with Gasteiger partial charge in [-0.15, -0.1) is 0 Å². The van der Waals surface area contributed by atoms with Gasteiger partial charge in [0.25, 0.3) is 0 Å². The lowest BCUT2D eigenvalue weighted by Gasteiger charge is -2.42. The molecule has 0 bridgehead atoms. The highest BCUT2D eigenvalue weighted by Crippen LogP contribution is 2.29. The molecule has 2 amide bonds. The van der Waals surface area contributed by atoms with E-state index in [1.807, 2.05) is 37.8 Å². The normalized spacial score (nSPS) is 22.0. The summed E-state index contributed by atoms with van der Waals surface area (Å²) in [6.45, 7) is 9.57. The second-order valence-corrected chi connectivity index (χ2v) is 9.82. The fraction of sp³-hybridized carbons (Fsp3) is 0.500. The van der Waals surface area contributed by atoms with E-state index in [0.29, 0.717) is 5.82 Å². The summed E-state index contributed by atoms with van der Waals surface area (Å²) in [7, 11) is 0. The average molecular weight is 435 g/mol. The zero-order valence-electron chi connectivity index (χ0n) is 19.6. The molecule has 4 rings (SSSR count). The van der Waals surface area contributed by atoms with Crippen LogP contribution >= 0.6 is 0 Å². The van der Waals surface area contributed by atoms with Gasteiger partial charge >= 0.3 is 0 Å². The molecule has 2 aliphatic rings. The number of rotatable bonds is 6. The van der Waals surface area contributed by atoms with E-state index in [1.54, 1.807) is 6.20 Å². The molecule has 1 aromatic carbocycles. The summed E-state index contributed by atoms with van der Waals surface area (Å²) in [5.74, 6) is 0.817. The average Bonchev–Trinajstić information content (AvgIpc) is 3.19. The summed E-state index contributed by atoms with van der Waals surface area (Å²) >= 11 is 0. The van der Waals surface area contributed by atoms with Crippen LogP contribution in [0.5, 0.6) is 0 Å². The van der Waals surface area contributed by atoms with E-state index in [9.17, 15) is 9.59 Å². The molecule has 2 aromatic rings. The second-order valence-electron chi connectivity index (χ2n) is 9.82. The van der Waals surface area contributed by atoms with E-state index in [-0.39, 0.29) is 23.8 Å². The molecular weight excluding hydrogens is 400 g/mol. The number of amides is 2. The van der Waals surface area contributed by atoms with Crippen molar-refractivity contribution < 1.29 is 9.59 Å². The third kappa shape index (κ3) is 4.70.